The van der Waals surface area contributed by atoms with E-state index in [9.17, 15) is 0 Å². The third-order valence-electron chi connectivity index (χ3n) is 3.89. The Hall–Kier alpha value is -1.86. The first kappa shape index (κ1) is 17.0. The number of nitrogens with one attached hydrogen (secondary N) is 2. The van der Waals surface area contributed by atoms with Crippen LogP contribution in [0, 0.1) is 5.92 Å². The van der Waals surface area contributed by atoms with Gasteiger partial charge in [0.2, 0.25) is 5.95 Å². The number of halogens is 1. The van der Waals surface area contributed by atoms with Gasteiger partial charge in [0.25, 0.3) is 0 Å². The second-order valence-corrected chi connectivity index (χ2v) is 6.75. The van der Waals surface area contributed by atoms with Crippen LogP contribution in [-0.2, 0) is 6.54 Å². The molecule has 0 bridgehead atoms. The molecule has 0 radical (unpaired) electrons. The van der Waals surface area contributed by atoms with Crippen molar-refractivity contribution in [3.63, 3.8) is 0 Å². The van der Waals surface area contributed by atoms with E-state index in [2.05, 4.69) is 32.4 Å². The Labute approximate surface area is 151 Å². The van der Waals surface area contributed by atoms with Gasteiger partial charge < -0.3 is 20.0 Å². The minimum Gasteiger partial charge on any atom is -0.467 e. The van der Waals surface area contributed by atoms with Crippen LogP contribution in [0.5, 0.6) is 0 Å². The minimum absolute atomic E-state index is 0.396. The van der Waals surface area contributed by atoms with Crippen LogP contribution in [0.15, 0.2) is 28.9 Å². The highest BCUT2D eigenvalue weighted by Crippen LogP contribution is 2.24. The first-order valence-corrected chi connectivity index (χ1v) is 8.75. The topological polar surface area (TPSA) is 66.2 Å². The second kappa shape index (κ2) is 7.81. The number of rotatable bonds is 4. The van der Waals surface area contributed by atoms with Crippen LogP contribution in [0.1, 0.15) is 25.5 Å². The molecule has 1 unspecified atom stereocenters. The van der Waals surface area contributed by atoms with Crippen molar-refractivity contribution in [3.05, 3.63) is 35.4 Å². The lowest BCUT2D eigenvalue weighted by Crippen LogP contribution is -2.35. The molecule has 3 rings (SSSR count). The van der Waals surface area contributed by atoms with Crippen LogP contribution in [0.3, 0.4) is 0 Å². The van der Waals surface area contributed by atoms with Crippen LogP contribution >= 0.6 is 23.8 Å². The number of hydrogen-bond acceptors (Lipinski definition) is 5. The first-order valence-electron chi connectivity index (χ1n) is 7.97. The Bertz CT molecular complexity index is 694. The number of anilines is 2. The van der Waals surface area contributed by atoms with E-state index in [1.54, 1.807) is 12.3 Å². The van der Waals surface area contributed by atoms with Crippen LogP contribution in [0.4, 0.5) is 11.8 Å². The van der Waals surface area contributed by atoms with Gasteiger partial charge in [-0.05, 0) is 43.1 Å². The van der Waals surface area contributed by atoms with Crippen molar-refractivity contribution in [1.82, 2.24) is 15.3 Å². The average Bonchev–Trinajstić information content (AvgIpc) is 3.06. The van der Waals surface area contributed by atoms with Gasteiger partial charge in [0, 0.05) is 19.2 Å². The number of hydrogen-bond donors (Lipinski definition) is 2. The van der Waals surface area contributed by atoms with Gasteiger partial charge in [0.15, 0.2) is 5.11 Å². The zero-order valence-electron chi connectivity index (χ0n) is 13.5. The standard InChI is InChI=1S/C16H20ClN5OS/c1-11-4-2-6-22(10-11)14-8-13(17)19-15(20-14)21-16(24)18-9-12-5-3-7-23-12/h3,5,7-8,11H,2,4,6,9-10H2,1H3,(H2,18,19,20,21,24). The summed E-state index contributed by atoms with van der Waals surface area (Å²) in [6.45, 7) is 4.71. The molecule has 1 aliphatic heterocycles. The molecule has 0 saturated carbocycles. The van der Waals surface area contributed by atoms with Gasteiger partial charge >= 0.3 is 0 Å². The quantitative estimate of drug-likeness (QED) is 0.635. The Morgan fingerprint density at radius 1 is 1.50 bits per heavy atom. The fraction of sp³-hybridized carbons (Fsp3) is 0.438. The molecule has 2 N–H and O–H groups in total. The molecule has 0 amide bonds. The molecular formula is C16H20ClN5OS. The normalized spacial score (nSPS) is 17.6. The fourth-order valence-corrected chi connectivity index (χ4v) is 3.09. The second-order valence-electron chi connectivity index (χ2n) is 5.95. The highest BCUT2D eigenvalue weighted by Gasteiger charge is 2.19. The molecule has 6 nitrogen and oxygen atoms in total. The molecule has 1 fully saturated rings. The zero-order valence-corrected chi connectivity index (χ0v) is 15.0. The lowest BCUT2D eigenvalue weighted by atomic mass is 10.0. The van der Waals surface area contributed by atoms with E-state index in [1.807, 2.05) is 12.1 Å². The molecule has 128 valence electrons. The maximum Gasteiger partial charge on any atom is 0.232 e. The molecule has 0 aliphatic carbocycles. The van der Waals surface area contributed by atoms with Gasteiger partial charge in [0.05, 0.1) is 12.8 Å². The SMILES string of the molecule is CC1CCCN(c2cc(Cl)nc(NC(=S)NCc3ccco3)n2)C1. The molecule has 8 heteroatoms. The van der Waals surface area contributed by atoms with E-state index in [1.165, 1.54) is 6.42 Å². The summed E-state index contributed by atoms with van der Waals surface area (Å²) < 4.78 is 5.25. The predicted octanol–water partition coefficient (Wildman–Crippen LogP) is 3.45. The van der Waals surface area contributed by atoms with Gasteiger partial charge in [-0.15, -0.1) is 0 Å². The Balaban J connectivity index is 1.63. The summed E-state index contributed by atoms with van der Waals surface area (Å²) in [5.41, 5.74) is 0. The predicted molar refractivity (Wildman–Crippen MR) is 99.4 cm³/mol. The van der Waals surface area contributed by atoms with Gasteiger partial charge in [-0.3, -0.25) is 0 Å². The molecule has 1 aliphatic rings. The molecule has 24 heavy (non-hydrogen) atoms. The lowest BCUT2D eigenvalue weighted by molar-refractivity contribution is 0.444. The van der Waals surface area contributed by atoms with E-state index in [0.717, 1.165) is 31.1 Å². The maximum absolute atomic E-state index is 6.15. The molecule has 0 spiro atoms. The van der Waals surface area contributed by atoms with Crippen molar-refractivity contribution in [2.45, 2.75) is 26.3 Å². The average molecular weight is 366 g/mol. The number of thiocarbonyl (C=S) groups is 1. The van der Waals surface area contributed by atoms with E-state index < -0.39 is 0 Å². The van der Waals surface area contributed by atoms with Crippen molar-refractivity contribution in [3.8, 4) is 0 Å². The van der Waals surface area contributed by atoms with E-state index in [4.69, 9.17) is 28.2 Å². The number of piperidine rings is 1. The summed E-state index contributed by atoms with van der Waals surface area (Å²) in [5, 5.41) is 6.85. The van der Waals surface area contributed by atoms with Crippen molar-refractivity contribution < 1.29 is 4.42 Å². The summed E-state index contributed by atoms with van der Waals surface area (Å²) in [4.78, 5) is 11.0. The smallest absolute Gasteiger partial charge is 0.232 e. The monoisotopic (exact) mass is 365 g/mol. The summed E-state index contributed by atoms with van der Waals surface area (Å²) in [5.74, 6) is 2.68. The molecule has 2 aromatic rings. The zero-order chi connectivity index (χ0) is 16.9. The Morgan fingerprint density at radius 2 is 2.38 bits per heavy atom. The Kier molecular flexibility index (Phi) is 5.52. The largest absolute Gasteiger partial charge is 0.467 e. The third kappa shape index (κ3) is 4.58. The molecule has 1 saturated heterocycles. The number of aromatic nitrogens is 2. The molecule has 2 aromatic heterocycles. The number of furan rings is 1. The molecule has 0 aromatic carbocycles. The summed E-state index contributed by atoms with van der Waals surface area (Å²) in [6.07, 6.45) is 4.04. The number of nitrogens with zero attached hydrogens (tertiary/aromatic N) is 3. The van der Waals surface area contributed by atoms with Crippen molar-refractivity contribution in [2.24, 2.45) is 5.92 Å². The Morgan fingerprint density at radius 3 is 3.12 bits per heavy atom. The van der Waals surface area contributed by atoms with Gasteiger partial charge in [-0.2, -0.15) is 4.98 Å². The molecule has 3 heterocycles. The summed E-state index contributed by atoms with van der Waals surface area (Å²) in [7, 11) is 0. The van der Waals surface area contributed by atoms with Crippen molar-refractivity contribution >= 4 is 40.7 Å². The van der Waals surface area contributed by atoms with Crippen LogP contribution in [-0.4, -0.2) is 28.2 Å². The lowest BCUT2D eigenvalue weighted by Gasteiger charge is -2.32. The molecular weight excluding hydrogens is 346 g/mol. The van der Waals surface area contributed by atoms with E-state index in [-0.39, 0.29) is 0 Å². The van der Waals surface area contributed by atoms with Crippen LogP contribution in [0.25, 0.3) is 0 Å². The van der Waals surface area contributed by atoms with Gasteiger partial charge in [-0.25, -0.2) is 4.98 Å². The van der Waals surface area contributed by atoms with Gasteiger partial charge in [-0.1, -0.05) is 18.5 Å². The van der Waals surface area contributed by atoms with Crippen molar-refractivity contribution in [2.75, 3.05) is 23.3 Å². The molecule has 1 atom stereocenters. The van der Waals surface area contributed by atoms with E-state index in [0.29, 0.717) is 28.7 Å². The summed E-state index contributed by atoms with van der Waals surface area (Å²) >= 11 is 11.4. The highest BCUT2D eigenvalue weighted by molar-refractivity contribution is 7.80. The minimum atomic E-state index is 0.396. The van der Waals surface area contributed by atoms with Crippen LogP contribution in [0.2, 0.25) is 5.15 Å². The van der Waals surface area contributed by atoms with Gasteiger partial charge in [0.1, 0.15) is 16.7 Å². The third-order valence-corrected chi connectivity index (χ3v) is 4.33. The highest BCUT2D eigenvalue weighted by atomic mass is 35.5. The van der Waals surface area contributed by atoms with E-state index >= 15 is 0 Å². The van der Waals surface area contributed by atoms with Crippen LogP contribution < -0.4 is 15.5 Å². The first-order chi connectivity index (χ1) is 11.6. The fourth-order valence-electron chi connectivity index (χ4n) is 2.75. The maximum atomic E-state index is 6.15. The van der Waals surface area contributed by atoms with Crippen molar-refractivity contribution in [1.29, 1.82) is 0 Å². The summed E-state index contributed by atoms with van der Waals surface area (Å²) in [6, 6.07) is 5.50.